The Bertz CT molecular complexity index is 1340. The highest BCUT2D eigenvalue weighted by atomic mass is 16.5. The Hall–Kier alpha value is -4.33. The third-order valence-corrected chi connectivity index (χ3v) is 5.11. The normalized spacial score (nSPS) is 11.0. The number of methoxy groups -OCH3 is 1. The van der Waals surface area contributed by atoms with E-state index in [-0.39, 0.29) is 17.4 Å². The monoisotopic (exact) mass is 445 g/mol. The molecule has 2 aromatic carbocycles. The fraction of sp³-hybridized carbons (Fsp3) is 0.160. The fourth-order valence-electron chi connectivity index (χ4n) is 3.75. The highest BCUT2D eigenvalue weighted by molar-refractivity contribution is 6.14. The molecule has 2 heterocycles. The number of rotatable bonds is 6. The average Bonchev–Trinajstić information content (AvgIpc) is 3.14. The molecular formula is C25H23N3O5. The molecule has 2 aromatic heterocycles. The zero-order valence-electron chi connectivity index (χ0n) is 18.4. The first-order valence-electron chi connectivity index (χ1n) is 10.3. The lowest BCUT2D eigenvalue weighted by Gasteiger charge is -2.12. The summed E-state index contributed by atoms with van der Waals surface area (Å²) in [5.41, 5.74) is 8.52. The van der Waals surface area contributed by atoms with E-state index in [4.69, 9.17) is 15.2 Å². The number of ether oxygens (including phenoxy) is 2. The molecule has 0 radical (unpaired) electrons. The van der Waals surface area contributed by atoms with Crippen LogP contribution in [0.3, 0.4) is 0 Å². The first kappa shape index (κ1) is 21.9. The van der Waals surface area contributed by atoms with Crippen molar-refractivity contribution in [3.8, 4) is 22.7 Å². The maximum atomic E-state index is 12.7. The van der Waals surface area contributed by atoms with Crippen LogP contribution in [0.15, 0.2) is 60.8 Å². The van der Waals surface area contributed by atoms with Crippen LogP contribution in [-0.2, 0) is 4.74 Å². The number of esters is 1. The Morgan fingerprint density at radius 1 is 1.06 bits per heavy atom. The molecule has 0 saturated carbocycles. The maximum Gasteiger partial charge on any atom is 0.353 e. The molecule has 0 saturated heterocycles. The number of aromatic carboxylic acids is 1. The van der Waals surface area contributed by atoms with Gasteiger partial charge in [0.2, 0.25) is 0 Å². The maximum absolute atomic E-state index is 12.7. The second-order valence-corrected chi connectivity index (χ2v) is 7.72. The lowest BCUT2D eigenvalue weighted by molar-refractivity contribution is 0.0583. The summed E-state index contributed by atoms with van der Waals surface area (Å²) in [5, 5.41) is 10.5. The van der Waals surface area contributed by atoms with Crippen molar-refractivity contribution in [3.05, 3.63) is 72.1 Å². The van der Waals surface area contributed by atoms with Crippen LogP contribution in [-0.4, -0.2) is 39.8 Å². The number of anilines is 1. The predicted molar refractivity (Wildman–Crippen MR) is 125 cm³/mol. The van der Waals surface area contributed by atoms with E-state index < -0.39 is 11.9 Å². The minimum atomic E-state index is -1.25. The van der Waals surface area contributed by atoms with Crippen molar-refractivity contribution < 1.29 is 24.2 Å². The predicted octanol–water partition coefficient (Wildman–Crippen LogP) is 4.55. The number of hydrogen-bond acceptors (Lipinski definition) is 6. The molecule has 0 unspecified atom stereocenters. The van der Waals surface area contributed by atoms with Crippen LogP contribution in [0.5, 0.6) is 5.75 Å². The summed E-state index contributed by atoms with van der Waals surface area (Å²) in [6.07, 6.45) is 1.54. The lowest BCUT2D eigenvalue weighted by Crippen LogP contribution is -2.13. The molecule has 8 nitrogen and oxygen atoms in total. The van der Waals surface area contributed by atoms with Crippen molar-refractivity contribution in [1.29, 1.82) is 0 Å². The number of carbonyl (C=O) groups excluding carboxylic acids is 1. The van der Waals surface area contributed by atoms with Gasteiger partial charge >= 0.3 is 11.9 Å². The third-order valence-electron chi connectivity index (χ3n) is 5.11. The van der Waals surface area contributed by atoms with Gasteiger partial charge in [-0.3, -0.25) is 4.98 Å². The van der Waals surface area contributed by atoms with Crippen LogP contribution < -0.4 is 10.5 Å². The first-order valence-corrected chi connectivity index (χ1v) is 10.3. The largest absolute Gasteiger partial charge is 0.491 e. The third kappa shape index (κ3) is 4.10. The summed E-state index contributed by atoms with van der Waals surface area (Å²) in [7, 11) is 1.22. The van der Waals surface area contributed by atoms with Crippen molar-refractivity contribution in [1.82, 2.24) is 9.55 Å². The van der Waals surface area contributed by atoms with Crippen molar-refractivity contribution in [3.63, 3.8) is 0 Å². The van der Waals surface area contributed by atoms with E-state index in [1.54, 1.807) is 48.5 Å². The zero-order valence-corrected chi connectivity index (χ0v) is 18.4. The summed E-state index contributed by atoms with van der Waals surface area (Å²) in [6.45, 7) is 3.85. The van der Waals surface area contributed by atoms with Gasteiger partial charge in [0.1, 0.15) is 17.0 Å². The van der Waals surface area contributed by atoms with Gasteiger partial charge in [0.05, 0.1) is 36.3 Å². The number of aromatic nitrogens is 2. The van der Waals surface area contributed by atoms with Crippen LogP contribution in [0.2, 0.25) is 0 Å². The highest BCUT2D eigenvalue weighted by Gasteiger charge is 2.29. The number of carboxylic acid groups (broad SMARTS) is 1. The molecular weight excluding hydrogens is 422 g/mol. The van der Waals surface area contributed by atoms with Crippen molar-refractivity contribution in [2.45, 2.75) is 20.0 Å². The van der Waals surface area contributed by atoms with E-state index in [1.807, 2.05) is 19.9 Å². The van der Waals surface area contributed by atoms with Crippen LogP contribution in [0.4, 0.5) is 5.69 Å². The quantitative estimate of drug-likeness (QED) is 0.418. The van der Waals surface area contributed by atoms with Crippen LogP contribution in [0, 0.1) is 0 Å². The Labute approximate surface area is 190 Å². The van der Waals surface area contributed by atoms with Gasteiger partial charge in [-0.15, -0.1) is 0 Å². The van der Waals surface area contributed by atoms with E-state index in [0.29, 0.717) is 39.3 Å². The van der Waals surface area contributed by atoms with Crippen LogP contribution in [0.25, 0.3) is 27.8 Å². The van der Waals surface area contributed by atoms with Gasteiger partial charge in [-0.1, -0.05) is 6.07 Å². The Kier molecular flexibility index (Phi) is 5.74. The minimum Gasteiger partial charge on any atom is -0.491 e. The van der Waals surface area contributed by atoms with Gasteiger partial charge in [-0.05, 0) is 62.4 Å². The molecule has 0 amide bonds. The molecule has 0 spiro atoms. The number of pyridine rings is 1. The Morgan fingerprint density at radius 2 is 1.79 bits per heavy atom. The molecule has 4 aromatic rings. The number of nitrogens with two attached hydrogens (primary N) is 1. The number of benzene rings is 2. The topological polar surface area (TPSA) is 117 Å². The van der Waals surface area contributed by atoms with E-state index in [0.717, 1.165) is 0 Å². The summed E-state index contributed by atoms with van der Waals surface area (Å²) in [4.78, 5) is 29.4. The molecule has 0 atom stereocenters. The zero-order chi connectivity index (χ0) is 23.7. The van der Waals surface area contributed by atoms with Crippen molar-refractivity contribution in [2.24, 2.45) is 0 Å². The van der Waals surface area contributed by atoms with E-state index >= 15 is 0 Å². The number of hydrogen-bond donors (Lipinski definition) is 2. The summed E-state index contributed by atoms with van der Waals surface area (Å²) >= 11 is 0. The SMILES string of the molecule is COC(=O)c1c(C(=O)O)n(-c2ccc(OC(C)C)cc2)c2ccc(-c3ccc(N)cn3)cc12. The number of fused-ring (bicyclic) bond motifs is 1. The number of carboxylic acids is 1. The number of carbonyl (C=O) groups is 2. The smallest absolute Gasteiger partial charge is 0.353 e. The fourth-order valence-corrected chi connectivity index (χ4v) is 3.75. The van der Waals surface area contributed by atoms with Gasteiger partial charge in [0.25, 0.3) is 0 Å². The average molecular weight is 445 g/mol. The number of nitrogens with zero attached hydrogens (tertiary/aromatic N) is 2. The van der Waals surface area contributed by atoms with Gasteiger partial charge < -0.3 is 24.9 Å². The standard InChI is InChI=1S/C25H23N3O5/c1-14(2)33-18-8-6-17(7-9-18)28-21-11-4-15(20-10-5-16(26)13-27-20)12-19(21)22(25(31)32-3)23(28)24(29)30/h4-14H,26H2,1-3H3,(H,29,30). The number of nitrogen functional groups attached to an aromatic ring is 1. The van der Waals surface area contributed by atoms with Crippen molar-refractivity contribution >= 4 is 28.5 Å². The van der Waals surface area contributed by atoms with E-state index in [2.05, 4.69) is 4.98 Å². The molecule has 168 valence electrons. The van der Waals surface area contributed by atoms with Crippen LogP contribution >= 0.6 is 0 Å². The second-order valence-electron chi connectivity index (χ2n) is 7.72. The van der Waals surface area contributed by atoms with E-state index in [1.165, 1.54) is 17.9 Å². The van der Waals surface area contributed by atoms with Gasteiger partial charge in [0.15, 0.2) is 0 Å². The molecule has 33 heavy (non-hydrogen) atoms. The highest BCUT2D eigenvalue weighted by Crippen LogP contribution is 2.34. The van der Waals surface area contributed by atoms with Crippen molar-refractivity contribution in [2.75, 3.05) is 12.8 Å². The molecule has 0 bridgehead atoms. The molecule has 0 aliphatic carbocycles. The van der Waals surface area contributed by atoms with Crippen LogP contribution in [0.1, 0.15) is 34.7 Å². The Morgan fingerprint density at radius 3 is 2.36 bits per heavy atom. The molecule has 3 N–H and O–H groups in total. The lowest BCUT2D eigenvalue weighted by atomic mass is 10.1. The summed E-state index contributed by atoms with van der Waals surface area (Å²) in [5.74, 6) is -1.33. The van der Waals surface area contributed by atoms with E-state index in [9.17, 15) is 14.7 Å². The summed E-state index contributed by atoms with van der Waals surface area (Å²) in [6, 6.07) is 15.8. The Balaban J connectivity index is 1.97. The summed E-state index contributed by atoms with van der Waals surface area (Å²) < 4.78 is 12.2. The molecule has 8 heteroatoms. The van der Waals surface area contributed by atoms with Gasteiger partial charge in [-0.25, -0.2) is 9.59 Å². The first-order chi connectivity index (χ1) is 15.8. The minimum absolute atomic E-state index is 0.00383. The molecule has 4 rings (SSSR count). The molecule has 0 aliphatic heterocycles. The molecule has 0 aliphatic rings. The van der Waals surface area contributed by atoms with Gasteiger partial charge in [0, 0.05) is 16.6 Å². The van der Waals surface area contributed by atoms with Gasteiger partial charge in [-0.2, -0.15) is 0 Å². The molecule has 0 fully saturated rings. The second kappa shape index (κ2) is 8.66.